The molecule has 0 aromatic heterocycles. The Bertz CT molecular complexity index is 642. The van der Waals surface area contributed by atoms with Crippen molar-refractivity contribution in [1.82, 2.24) is 4.90 Å². The first-order valence-corrected chi connectivity index (χ1v) is 8.57. The number of ether oxygens (including phenoxy) is 2. The van der Waals surface area contributed by atoms with Crippen LogP contribution >= 0.6 is 11.6 Å². The predicted octanol–water partition coefficient (Wildman–Crippen LogP) is 1.77. The molecular formula is C17H21ClN2O4. The summed E-state index contributed by atoms with van der Waals surface area (Å²) in [5, 5.41) is 0.463. The van der Waals surface area contributed by atoms with Crippen LogP contribution in [0, 0.1) is 5.92 Å². The van der Waals surface area contributed by atoms with E-state index in [1.807, 2.05) is 6.07 Å². The van der Waals surface area contributed by atoms with Crippen molar-refractivity contribution in [2.45, 2.75) is 25.7 Å². The largest absolute Gasteiger partial charge is 0.489 e. The molecule has 0 spiro atoms. The lowest BCUT2D eigenvalue weighted by Gasteiger charge is -2.30. The van der Waals surface area contributed by atoms with Gasteiger partial charge in [-0.1, -0.05) is 11.6 Å². The Morgan fingerprint density at radius 3 is 2.62 bits per heavy atom. The average Bonchev–Trinajstić information content (AvgIpc) is 2.80. The van der Waals surface area contributed by atoms with E-state index in [1.54, 1.807) is 11.0 Å². The molecule has 0 unspecified atom stereocenters. The van der Waals surface area contributed by atoms with Crippen molar-refractivity contribution in [1.29, 1.82) is 0 Å². The Balaban J connectivity index is 1.66. The molecule has 2 heterocycles. The minimum atomic E-state index is -0.281. The van der Waals surface area contributed by atoms with Gasteiger partial charge < -0.3 is 20.1 Å². The molecule has 24 heavy (non-hydrogen) atoms. The van der Waals surface area contributed by atoms with Crippen molar-refractivity contribution in [2.75, 3.05) is 26.3 Å². The molecule has 2 N–H and O–H groups in total. The first kappa shape index (κ1) is 16.9. The molecule has 0 bridgehead atoms. The summed E-state index contributed by atoms with van der Waals surface area (Å²) in [5.41, 5.74) is 6.12. The fourth-order valence-corrected chi connectivity index (χ4v) is 3.37. The van der Waals surface area contributed by atoms with Gasteiger partial charge in [0.05, 0.1) is 24.7 Å². The lowest BCUT2D eigenvalue weighted by atomic mass is 9.96. The molecule has 3 rings (SSSR count). The number of hydrogen-bond acceptors (Lipinski definition) is 4. The van der Waals surface area contributed by atoms with E-state index < -0.39 is 0 Å². The minimum absolute atomic E-state index is 0.0171. The highest BCUT2D eigenvalue weighted by atomic mass is 35.5. The molecule has 1 saturated heterocycles. The van der Waals surface area contributed by atoms with E-state index in [0.717, 1.165) is 12.0 Å². The zero-order valence-electron chi connectivity index (χ0n) is 13.4. The summed E-state index contributed by atoms with van der Waals surface area (Å²) in [6.07, 6.45) is 2.30. The van der Waals surface area contributed by atoms with Crippen LogP contribution in [0.3, 0.4) is 0 Å². The van der Waals surface area contributed by atoms with E-state index in [-0.39, 0.29) is 24.2 Å². The van der Waals surface area contributed by atoms with Crippen LogP contribution in [0.15, 0.2) is 12.1 Å². The number of amides is 2. The lowest BCUT2D eigenvalue weighted by Crippen LogP contribution is -2.42. The van der Waals surface area contributed by atoms with Gasteiger partial charge in [0.2, 0.25) is 11.8 Å². The first-order chi connectivity index (χ1) is 11.5. The van der Waals surface area contributed by atoms with Crippen molar-refractivity contribution < 1.29 is 19.1 Å². The molecule has 2 aliphatic rings. The number of benzene rings is 1. The maximum absolute atomic E-state index is 12.5. The topological polar surface area (TPSA) is 81.9 Å². The number of carbonyl (C=O) groups is 2. The SMILES string of the molecule is NC(=O)C1CCN(C(=O)Cc2cc(Cl)c3c(c2)OCCCO3)CC1. The van der Waals surface area contributed by atoms with Crippen LogP contribution in [0.5, 0.6) is 11.5 Å². The number of primary amides is 1. The Labute approximate surface area is 145 Å². The molecule has 7 heteroatoms. The van der Waals surface area contributed by atoms with Gasteiger partial charge in [-0.2, -0.15) is 0 Å². The van der Waals surface area contributed by atoms with Crippen LogP contribution in [0.1, 0.15) is 24.8 Å². The maximum atomic E-state index is 12.5. The summed E-state index contributed by atoms with van der Waals surface area (Å²) in [7, 11) is 0. The van der Waals surface area contributed by atoms with E-state index in [9.17, 15) is 9.59 Å². The Morgan fingerprint density at radius 2 is 1.92 bits per heavy atom. The molecule has 130 valence electrons. The number of nitrogens with zero attached hydrogens (tertiary/aromatic N) is 1. The highest BCUT2D eigenvalue weighted by Crippen LogP contribution is 2.38. The molecular weight excluding hydrogens is 332 g/mol. The van der Waals surface area contributed by atoms with Crippen molar-refractivity contribution in [2.24, 2.45) is 11.7 Å². The van der Waals surface area contributed by atoms with Gasteiger partial charge in [0.1, 0.15) is 0 Å². The molecule has 0 radical (unpaired) electrons. The van der Waals surface area contributed by atoms with Gasteiger partial charge in [0, 0.05) is 25.4 Å². The zero-order chi connectivity index (χ0) is 17.1. The second-order valence-corrected chi connectivity index (χ2v) is 6.60. The van der Waals surface area contributed by atoms with E-state index >= 15 is 0 Å². The lowest BCUT2D eigenvalue weighted by molar-refractivity contribution is -0.134. The van der Waals surface area contributed by atoms with Gasteiger partial charge in [-0.25, -0.2) is 0 Å². The zero-order valence-corrected chi connectivity index (χ0v) is 14.2. The number of fused-ring (bicyclic) bond motifs is 1. The summed E-state index contributed by atoms with van der Waals surface area (Å²) in [4.78, 5) is 25.5. The molecule has 2 aliphatic heterocycles. The second kappa shape index (κ2) is 7.30. The van der Waals surface area contributed by atoms with E-state index in [2.05, 4.69) is 0 Å². The quantitative estimate of drug-likeness (QED) is 0.898. The van der Waals surface area contributed by atoms with Gasteiger partial charge >= 0.3 is 0 Å². The van der Waals surface area contributed by atoms with Crippen molar-refractivity contribution >= 4 is 23.4 Å². The monoisotopic (exact) mass is 352 g/mol. The fourth-order valence-electron chi connectivity index (χ4n) is 3.09. The third-order valence-corrected chi connectivity index (χ3v) is 4.75. The van der Waals surface area contributed by atoms with Crippen LogP contribution in [0.25, 0.3) is 0 Å². The van der Waals surface area contributed by atoms with Gasteiger partial charge in [0.25, 0.3) is 0 Å². The van der Waals surface area contributed by atoms with Gasteiger partial charge in [-0.3, -0.25) is 9.59 Å². The number of nitrogens with two attached hydrogens (primary N) is 1. The molecule has 1 aromatic rings. The normalized spacial score (nSPS) is 18.1. The van der Waals surface area contributed by atoms with Crippen LogP contribution in [-0.2, 0) is 16.0 Å². The highest BCUT2D eigenvalue weighted by molar-refractivity contribution is 6.32. The number of rotatable bonds is 3. The number of hydrogen-bond donors (Lipinski definition) is 1. The van der Waals surface area contributed by atoms with Gasteiger partial charge in [0.15, 0.2) is 11.5 Å². The fraction of sp³-hybridized carbons (Fsp3) is 0.529. The molecule has 0 saturated carbocycles. The first-order valence-electron chi connectivity index (χ1n) is 8.19. The number of piperidine rings is 1. The highest BCUT2D eigenvalue weighted by Gasteiger charge is 2.26. The maximum Gasteiger partial charge on any atom is 0.226 e. The van der Waals surface area contributed by atoms with E-state index in [4.69, 9.17) is 26.8 Å². The number of halogens is 1. The van der Waals surface area contributed by atoms with Crippen molar-refractivity contribution in [3.05, 3.63) is 22.7 Å². The molecule has 1 fully saturated rings. The van der Waals surface area contributed by atoms with Crippen molar-refractivity contribution in [3.8, 4) is 11.5 Å². The molecule has 6 nitrogen and oxygen atoms in total. The summed E-state index contributed by atoms with van der Waals surface area (Å²) >= 11 is 6.26. The van der Waals surface area contributed by atoms with Gasteiger partial charge in [-0.15, -0.1) is 0 Å². The standard InChI is InChI=1S/C17H21ClN2O4/c18-13-8-11(9-14-16(13)24-7-1-6-23-14)10-15(21)20-4-2-12(3-5-20)17(19)22/h8-9,12H,1-7,10H2,(H2,19,22). The predicted molar refractivity (Wildman–Crippen MR) is 89.3 cm³/mol. The number of likely N-dealkylation sites (tertiary alicyclic amines) is 1. The Hall–Kier alpha value is -1.95. The van der Waals surface area contributed by atoms with Gasteiger partial charge in [-0.05, 0) is 30.5 Å². The van der Waals surface area contributed by atoms with E-state index in [0.29, 0.717) is 55.7 Å². The molecule has 2 amide bonds. The third-order valence-electron chi connectivity index (χ3n) is 4.47. The summed E-state index contributed by atoms with van der Waals surface area (Å²) < 4.78 is 11.2. The minimum Gasteiger partial charge on any atom is -0.489 e. The van der Waals surface area contributed by atoms with Crippen LogP contribution < -0.4 is 15.2 Å². The van der Waals surface area contributed by atoms with E-state index in [1.165, 1.54) is 0 Å². The number of carbonyl (C=O) groups excluding carboxylic acids is 2. The van der Waals surface area contributed by atoms with Crippen LogP contribution in [0.2, 0.25) is 5.02 Å². The Morgan fingerprint density at radius 1 is 1.21 bits per heavy atom. The molecule has 0 aliphatic carbocycles. The second-order valence-electron chi connectivity index (χ2n) is 6.19. The summed E-state index contributed by atoms with van der Waals surface area (Å²) in [5.74, 6) is 0.754. The summed E-state index contributed by atoms with van der Waals surface area (Å²) in [6.45, 7) is 2.26. The summed E-state index contributed by atoms with van der Waals surface area (Å²) in [6, 6.07) is 3.57. The van der Waals surface area contributed by atoms with Crippen LogP contribution in [-0.4, -0.2) is 43.0 Å². The smallest absolute Gasteiger partial charge is 0.226 e. The third kappa shape index (κ3) is 3.75. The average molecular weight is 353 g/mol. The molecule has 0 atom stereocenters. The Kier molecular flexibility index (Phi) is 5.14. The van der Waals surface area contributed by atoms with Crippen molar-refractivity contribution in [3.63, 3.8) is 0 Å². The van der Waals surface area contributed by atoms with Crippen LogP contribution in [0.4, 0.5) is 0 Å². The molecule has 1 aromatic carbocycles.